The van der Waals surface area contributed by atoms with E-state index in [0.29, 0.717) is 23.1 Å². The minimum atomic E-state index is 0.0333. The van der Waals surface area contributed by atoms with Crippen molar-refractivity contribution in [3.8, 4) is 5.75 Å². The van der Waals surface area contributed by atoms with E-state index in [2.05, 4.69) is 0 Å². The lowest BCUT2D eigenvalue weighted by atomic mass is 10.2. The Bertz CT molecular complexity index is 1200. The highest BCUT2D eigenvalue weighted by Gasteiger charge is 2.21. The topological polar surface area (TPSA) is 47.4 Å². The lowest BCUT2D eigenvalue weighted by Gasteiger charge is -2.27. The van der Waals surface area contributed by atoms with Gasteiger partial charge in [0.2, 0.25) is 5.91 Å². The molecule has 0 radical (unpaired) electrons. The van der Waals surface area contributed by atoms with E-state index in [4.69, 9.17) is 21.3 Å². The van der Waals surface area contributed by atoms with Gasteiger partial charge in [-0.05, 0) is 43.7 Å². The molecule has 0 saturated carbocycles. The van der Waals surface area contributed by atoms with E-state index in [0.717, 1.165) is 16.6 Å². The van der Waals surface area contributed by atoms with Crippen LogP contribution in [0.1, 0.15) is 25.2 Å². The van der Waals surface area contributed by atoms with Crippen molar-refractivity contribution < 1.29 is 9.53 Å². The van der Waals surface area contributed by atoms with E-state index >= 15 is 0 Å². The number of rotatable bonds is 8. The minimum absolute atomic E-state index is 0.0333. The summed E-state index contributed by atoms with van der Waals surface area (Å²) < 4.78 is 7.88. The number of aromatic nitrogens is 2. The third-order valence-corrected chi connectivity index (χ3v) is 5.67. The summed E-state index contributed by atoms with van der Waals surface area (Å²) in [6.45, 7) is 5.04. The third-order valence-electron chi connectivity index (χ3n) is 5.36. The van der Waals surface area contributed by atoms with Crippen LogP contribution in [0.25, 0.3) is 11.0 Å². The number of ether oxygens (including phenoxy) is 1. The second kappa shape index (κ2) is 9.88. The van der Waals surface area contributed by atoms with E-state index in [1.807, 2.05) is 96.1 Å². The lowest BCUT2D eigenvalue weighted by Crippen LogP contribution is -2.38. The number of carbonyl (C=O) groups is 1. The fraction of sp³-hybridized carbons (Fsp3) is 0.231. The molecule has 164 valence electrons. The van der Waals surface area contributed by atoms with Gasteiger partial charge in [-0.3, -0.25) is 4.79 Å². The Balaban J connectivity index is 1.60. The van der Waals surface area contributed by atoms with E-state index in [-0.39, 0.29) is 25.1 Å². The molecule has 0 aliphatic heterocycles. The molecule has 1 heterocycles. The average Bonchev–Trinajstić information content (AvgIpc) is 3.14. The molecule has 6 heteroatoms. The van der Waals surface area contributed by atoms with Crippen molar-refractivity contribution >= 4 is 28.5 Å². The molecule has 1 aromatic heterocycles. The van der Waals surface area contributed by atoms with Crippen molar-refractivity contribution in [1.29, 1.82) is 0 Å². The van der Waals surface area contributed by atoms with Crippen LogP contribution >= 0.6 is 11.6 Å². The van der Waals surface area contributed by atoms with Crippen LogP contribution in [-0.2, 0) is 24.5 Å². The summed E-state index contributed by atoms with van der Waals surface area (Å²) in [5.41, 5.74) is 2.84. The highest BCUT2D eigenvalue weighted by atomic mass is 35.5. The van der Waals surface area contributed by atoms with Gasteiger partial charge >= 0.3 is 0 Å². The molecule has 0 unspecified atom stereocenters. The monoisotopic (exact) mass is 447 g/mol. The van der Waals surface area contributed by atoms with Gasteiger partial charge in [-0.2, -0.15) is 0 Å². The number of hydrogen-bond donors (Lipinski definition) is 0. The second-order valence-electron chi connectivity index (χ2n) is 7.92. The average molecular weight is 448 g/mol. The summed E-state index contributed by atoms with van der Waals surface area (Å²) >= 11 is 6.23. The summed E-state index contributed by atoms with van der Waals surface area (Å²) in [5.74, 6) is 1.31. The summed E-state index contributed by atoms with van der Waals surface area (Å²) in [5, 5.41) is 0.542. The summed E-state index contributed by atoms with van der Waals surface area (Å²) in [7, 11) is 0. The molecular weight excluding hydrogens is 422 g/mol. The number of amides is 1. The normalized spacial score (nSPS) is 11.1. The first kappa shape index (κ1) is 21.9. The Morgan fingerprint density at radius 1 is 1.00 bits per heavy atom. The number of carbonyl (C=O) groups excluding carboxylic acids is 1. The maximum atomic E-state index is 13.4. The molecular formula is C26H26ClN3O2. The number of fused-ring (bicyclic) bond motifs is 1. The number of nitrogens with zero attached hydrogens (tertiary/aromatic N) is 3. The predicted molar refractivity (Wildman–Crippen MR) is 128 cm³/mol. The van der Waals surface area contributed by atoms with Crippen LogP contribution in [0, 0.1) is 0 Å². The van der Waals surface area contributed by atoms with Gasteiger partial charge in [0.15, 0.2) is 0 Å². The first-order valence-electron chi connectivity index (χ1n) is 10.7. The Hall–Kier alpha value is -3.31. The van der Waals surface area contributed by atoms with Gasteiger partial charge in [-0.15, -0.1) is 0 Å². The summed E-state index contributed by atoms with van der Waals surface area (Å²) in [6, 6.07) is 25.3. The summed E-state index contributed by atoms with van der Waals surface area (Å²) in [6.07, 6.45) is 0. The van der Waals surface area contributed by atoms with Crippen molar-refractivity contribution in [3.63, 3.8) is 0 Å². The molecule has 32 heavy (non-hydrogen) atoms. The molecule has 0 aliphatic carbocycles. The standard InChI is InChI=1S/C26H26ClN3O2/c1-19(2)29(16-20-10-4-3-5-11-20)26(31)17-30-23-14-8-7-13-22(23)28-25(30)18-32-24-15-9-6-12-21(24)27/h3-15,19H,16-18H2,1-2H3. The van der Waals surface area contributed by atoms with Gasteiger partial charge in [0, 0.05) is 12.6 Å². The molecule has 0 saturated heterocycles. The molecule has 0 aliphatic rings. The largest absolute Gasteiger partial charge is 0.484 e. The van der Waals surface area contributed by atoms with Crippen LogP contribution in [0.5, 0.6) is 5.75 Å². The van der Waals surface area contributed by atoms with Crippen LogP contribution in [0.15, 0.2) is 78.9 Å². The van der Waals surface area contributed by atoms with Gasteiger partial charge in [0.1, 0.15) is 24.7 Å². The molecule has 0 spiro atoms. The van der Waals surface area contributed by atoms with Crippen molar-refractivity contribution in [2.45, 2.75) is 39.6 Å². The zero-order chi connectivity index (χ0) is 22.5. The van der Waals surface area contributed by atoms with Gasteiger partial charge in [-0.25, -0.2) is 4.98 Å². The van der Waals surface area contributed by atoms with Crippen molar-refractivity contribution in [2.24, 2.45) is 0 Å². The first-order valence-corrected chi connectivity index (χ1v) is 11.1. The van der Waals surface area contributed by atoms with E-state index < -0.39 is 0 Å². The van der Waals surface area contributed by atoms with Crippen LogP contribution in [0.2, 0.25) is 5.02 Å². The minimum Gasteiger partial charge on any atom is -0.484 e. The fourth-order valence-corrected chi connectivity index (χ4v) is 3.87. The number of para-hydroxylation sites is 3. The number of halogens is 1. The lowest BCUT2D eigenvalue weighted by molar-refractivity contribution is -0.134. The Morgan fingerprint density at radius 3 is 2.44 bits per heavy atom. The molecule has 0 bridgehead atoms. The maximum absolute atomic E-state index is 13.4. The maximum Gasteiger partial charge on any atom is 0.243 e. The van der Waals surface area contributed by atoms with Crippen LogP contribution in [0.4, 0.5) is 0 Å². The van der Waals surface area contributed by atoms with Crippen LogP contribution in [0.3, 0.4) is 0 Å². The molecule has 5 nitrogen and oxygen atoms in total. The SMILES string of the molecule is CC(C)N(Cc1ccccc1)C(=O)Cn1c(COc2ccccc2Cl)nc2ccccc21. The van der Waals surface area contributed by atoms with E-state index in [9.17, 15) is 4.79 Å². The zero-order valence-corrected chi connectivity index (χ0v) is 19.0. The Morgan fingerprint density at radius 2 is 1.69 bits per heavy atom. The van der Waals surface area contributed by atoms with Gasteiger partial charge < -0.3 is 14.2 Å². The molecule has 4 rings (SSSR count). The Labute approximate surface area is 193 Å². The molecule has 1 amide bonds. The van der Waals surface area contributed by atoms with Crippen molar-refractivity contribution in [2.75, 3.05) is 0 Å². The van der Waals surface area contributed by atoms with E-state index in [1.54, 1.807) is 6.07 Å². The van der Waals surface area contributed by atoms with Gasteiger partial charge in [0.05, 0.1) is 16.1 Å². The number of hydrogen-bond acceptors (Lipinski definition) is 3. The van der Waals surface area contributed by atoms with Gasteiger partial charge in [0.25, 0.3) is 0 Å². The number of imidazole rings is 1. The van der Waals surface area contributed by atoms with Crippen LogP contribution < -0.4 is 4.74 Å². The zero-order valence-electron chi connectivity index (χ0n) is 18.2. The number of benzene rings is 3. The second-order valence-corrected chi connectivity index (χ2v) is 8.33. The highest BCUT2D eigenvalue weighted by molar-refractivity contribution is 6.32. The van der Waals surface area contributed by atoms with Crippen molar-refractivity contribution in [1.82, 2.24) is 14.5 Å². The quantitative estimate of drug-likeness (QED) is 0.347. The molecule has 0 atom stereocenters. The van der Waals surface area contributed by atoms with Crippen LogP contribution in [-0.4, -0.2) is 26.4 Å². The molecule has 0 N–H and O–H groups in total. The smallest absolute Gasteiger partial charge is 0.243 e. The van der Waals surface area contributed by atoms with Gasteiger partial charge in [-0.1, -0.05) is 66.2 Å². The van der Waals surface area contributed by atoms with Crippen molar-refractivity contribution in [3.05, 3.63) is 95.3 Å². The fourth-order valence-electron chi connectivity index (χ4n) is 3.68. The molecule has 0 fully saturated rings. The highest BCUT2D eigenvalue weighted by Crippen LogP contribution is 2.25. The molecule has 3 aromatic carbocycles. The third kappa shape index (κ3) is 4.94. The first-order chi connectivity index (χ1) is 15.5. The predicted octanol–water partition coefficient (Wildman–Crippen LogP) is 5.71. The molecule has 4 aromatic rings. The Kier molecular flexibility index (Phi) is 6.76. The van der Waals surface area contributed by atoms with E-state index in [1.165, 1.54) is 0 Å². The summed E-state index contributed by atoms with van der Waals surface area (Å²) in [4.78, 5) is 20.0.